The minimum absolute atomic E-state index is 0.120. The van der Waals surface area contributed by atoms with Crippen molar-refractivity contribution in [3.63, 3.8) is 0 Å². The quantitative estimate of drug-likeness (QED) is 0.845. The Bertz CT molecular complexity index is 732. The molecule has 0 aliphatic heterocycles. The molecule has 0 aliphatic rings. The van der Waals surface area contributed by atoms with Crippen molar-refractivity contribution in [3.8, 4) is 5.69 Å². The highest BCUT2D eigenvalue weighted by Crippen LogP contribution is 2.23. The molecule has 2 N–H and O–H groups in total. The van der Waals surface area contributed by atoms with E-state index in [1.54, 1.807) is 13.8 Å². The molecule has 2 rings (SSSR count). The maximum absolute atomic E-state index is 12.6. The molecule has 6 heteroatoms. The number of anilines is 1. The summed E-state index contributed by atoms with van der Waals surface area (Å²) < 4.78 is 1.83. The zero-order valence-corrected chi connectivity index (χ0v) is 15.9. The number of benzene rings is 1. The van der Waals surface area contributed by atoms with Gasteiger partial charge in [-0.3, -0.25) is 9.69 Å². The van der Waals surface area contributed by atoms with Crippen LogP contribution in [0.2, 0.25) is 0 Å². The first-order valence-electron chi connectivity index (χ1n) is 8.45. The van der Waals surface area contributed by atoms with Crippen molar-refractivity contribution < 1.29 is 9.90 Å². The number of rotatable bonds is 6. The molecule has 0 bridgehead atoms. The van der Waals surface area contributed by atoms with E-state index in [0.29, 0.717) is 6.54 Å². The Labute approximate surface area is 149 Å². The van der Waals surface area contributed by atoms with E-state index in [2.05, 4.69) is 10.4 Å². The van der Waals surface area contributed by atoms with Crippen LogP contribution in [0.25, 0.3) is 5.69 Å². The van der Waals surface area contributed by atoms with Gasteiger partial charge < -0.3 is 10.4 Å². The van der Waals surface area contributed by atoms with Gasteiger partial charge in [-0.05, 0) is 53.8 Å². The van der Waals surface area contributed by atoms with Gasteiger partial charge in [-0.2, -0.15) is 5.10 Å². The van der Waals surface area contributed by atoms with Crippen LogP contribution in [0.3, 0.4) is 0 Å². The Morgan fingerprint density at radius 3 is 2.48 bits per heavy atom. The fourth-order valence-corrected chi connectivity index (χ4v) is 2.82. The third-order valence-electron chi connectivity index (χ3n) is 4.22. The van der Waals surface area contributed by atoms with Crippen molar-refractivity contribution >= 4 is 11.6 Å². The van der Waals surface area contributed by atoms with Crippen LogP contribution in [0.4, 0.5) is 5.69 Å². The second-order valence-electron chi connectivity index (χ2n) is 7.19. The first kappa shape index (κ1) is 19.1. The molecule has 1 aromatic carbocycles. The van der Waals surface area contributed by atoms with E-state index in [9.17, 15) is 9.90 Å². The van der Waals surface area contributed by atoms with Crippen molar-refractivity contribution in [1.82, 2.24) is 14.7 Å². The van der Waals surface area contributed by atoms with Crippen LogP contribution < -0.4 is 5.32 Å². The molecule has 6 nitrogen and oxygen atoms in total. The lowest BCUT2D eigenvalue weighted by molar-refractivity contribution is -0.121. The fraction of sp³-hybridized carbons (Fsp3) is 0.474. The number of aryl methyl sites for hydroxylation is 1. The highest BCUT2D eigenvalue weighted by atomic mass is 16.3. The number of hydrogen-bond donors (Lipinski definition) is 2. The van der Waals surface area contributed by atoms with Gasteiger partial charge >= 0.3 is 0 Å². The molecule has 136 valence electrons. The number of carbonyl (C=O) groups excluding carboxylic acids is 1. The number of nitrogens with one attached hydrogen (secondary N) is 1. The molecule has 0 radical (unpaired) electrons. The average Bonchev–Trinajstić information content (AvgIpc) is 2.81. The van der Waals surface area contributed by atoms with Gasteiger partial charge in [0.15, 0.2) is 0 Å². The van der Waals surface area contributed by atoms with Crippen LogP contribution in [0, 0.1) is 13.8 Å². The van der Waals surface area contributed by atoms with Crippen LogP contribution >= 0.6 is 0 Å². The SMILES string of the molecule is Cc1nn(-c2ccccc2)c(C)c1NC(=O)C(C)N(C)CC(C)(C)O. The number of hydrogen-bond acceptors (Lipinski definition) is 4. The second kappa shape index (κ2) is 7.37. The lowest BCUT2D eigenvalue weighted by Gasteiger charge is -2.29. The number of amides is 1. The van der Waals surface area contributed by atoms with E-state index in [1.807, 2.05) is 67.7 Å². The van der Waals surface area contributed by atoms with Crippen LogP contribution in [-0.2, 0) is 4.79 Å². The zero-order valence-electron chi connectivity index (χ0n) is 15.9. The number of aromatic nitrogens is 2. The summed E-state index contributed by atoms with van der Waals surface area (Å²) in [5.41, 5.74) is 2.49. The van der Waals surface area contributed by atoms with E-state index in [1.165, 1.54) is 0 Å². The van der Waals surface area contributed by atoms with Gasteiger partial charge in [-0.15, -0.1) is 0 Å². The van der Waals surface area contributed by atoms with Crippen molar-refractivity contribution in [2.75, 3.05) is 18.9 Å². The Morgan fingerprint density at radius 2 is 1.92 bits per heavy atom. The predicted molar refractivity (Wildman–Crippen MR) is 100 cm³/mol. The van der Waals surface area contributed by atoms with E-state index < -0.39 is 5.60 Å². The number of carbonyl (C=O) groups is 1. The molecule has 1 heterocycles. The fourth-order valence-electron chi connectivity index (χ4n) is 2.82. The Kier molecular flexibility index (Phi) is 5.65. The van der Waals surface area contributed by atoms with E-state index >= 15 is 0 Å². The summed E-state index contributed by atoms with van der Waals surface area (Å²) in [6, 6.07) is 9.45. The van der Waals surface area contributed by atoms with Gasteiger partial charge in [0, 0.05) is 6.54 Å². The first-order chi connectivity index (χ1) is 11.6. The van der Waals surface area contributed by atoms with Crippen molar-refractivity contribution in [2.45, 2.75) is 46.3 Å². The van der Waals surface area contributed by atoms with Crippen LogP contribution in [0.15, 0.2) is 30.3 Å². The molecule has 0 saturated heterocycles. The zero-order chi connectivity index (χ0) is 18.8. The second-order valence-corrected chi connectivity index (χ2v) is 7.19. The third-order valence-corrected chi connectivity index (χ3v) is 4.22. The third kappa shape index (κ3) is 4.67. The van der Waals surface area contributed by atoms with Gasteiger partial charge in [-0.25, -0.2) is 4.68 Å². The van der Waals surface area contributed by atoms with E-state index in [4.69, 9.17) is 0 Å². The minimum Gasteiger partial charge on any atom is -0.389 e. The largest absolute Gasteiger partial charge is 0.389 e. The van der Waals surface area contributed by atoms with Crippen molar-refractivity contribution in [2.24, 2.45) is 0 Å². The lowest BCUT2D eigenvalue weighted by Crippen LogP contribution is -2.46. The first-order valence-corrected chi connectivity index (χ1v) is 8.45. The smallest absolute Gasteiger partial charge is 0.241 e. The molecular weight excluding hydrogens is 316 g/mol. The Hall–Kier alpha value is -2.18. The van der Waals surface area contributed by atoms with Crippen molar-refractivity contribution in [1.29, 1.82) is 0 Å². The number of para-hydroxylation sites is 1. The molecule has 0 saturated carbocycles. The van der Waals surface area contributed by atoms with Gasteiger partial charge in [0.1, 0.15) is 0 Å². The average molecular weight is 344 g/mol. The summed E-state index contributed by atoms with van der Waals surface area (Å²) in [6.45, 7) is 9.51. The summed E-state index contributed by atoms with van der Waals surface area (Å²) in [4.78, 5) is 14.5. The highest BCUT2D eigenvalue weighted by Gasteiger charge is 2.25. The summed E-state index contributed by atoms with van der Waals surface area (Å²) in [5.74, 6) is -0.120. The number of likely N-dealkylation sites (N-methyl/N-ethyl adjacent to an activating group) is 1. The summed E-state index contributed by atoms with van der Waals surface area (Å²) in [7, 11) is 1.83. The topological polar surface area (TPSA) is 70.4 Å². The molecule has 25 heavy (non-hydrogen) atoms. The standard InChI is InChI=1S/C19H28N4O2/c1-13-17(14(2)23(21-13)16-10-8-7-9-11-16)20-18(24)15(3)22(6)12-19(4,5)25/h7-11,15,25H,12H2,1-6H3,(H,20,24). The summed E-state index contributed by atoms with van der Waals surface area (Å²) in [6.07, 6.45) is 0. The molecule has 2 aromatic rings. The minimum atomic E-state index is -0.854. The Balaban J connectivity index is 2.18. The van der Waals surface area contributed by atoms with Crippen LogP contribution in [0.5, 0.6) is 0 Å². The Morgan fingerprint density at radius 1 is 1.32 bits per heavy atom. The lowest BCUT2D eigenvalue weighted by atomic mass is 10.1. The molecule has 0 aliphatic carbocycles. The maximum Gasteiger partial charge on any atom is 0.241 e. The number of aliphatic hydroxyl groups is 1. The van der Waals surface area contributed by atoms with Gasteiger partial charge in [0.25, 0.3) is 0 Å². The van der Waals surface area contributed by atoms with E-state index in [0.717, 1.165) is 22.8 Å². The molecule has 1 atom stereocenters. The van der Waals surface area contributed by atoms with Crippen LogP contribution in [-0.4, -0.2) is 50.9 Å². The molecule has 1 unspecified atom stereocenters. The maximum atomic E-state index is 12.6. The molecule has 1 amide bonds. The molecule has 1 aromatic heterocycles. The van der Waals surface area contributed by atoms with E-state index in [-0.39, 0.29) is 11.9 Å². The van der Waals surface area contributed by atoms with Gasteiger partial charge in [0.2, 0.25) is 5.91 Å². The van der Waals surface area contributed by atoms with Crippen LogP contribution in [0.1, 0.15) is 32.2 Å². The van der Waals surface area contributed by atoms with Crippen molar-refractivity contribution in [3.05, 3.63) is 41.7 Å². The summed E-state index contributed by atoms with van der Waals surface area (Å²) >= 11 is 0. The molecule has 0 fully saturated rings. The van der Waals surface area contributed by atoms with Gasteiger partial charge in [-0.1, -0.05) is 18.2 Å². The number of nitrogens with zero attached hydrogens (tertiary/aromatic N) is 3. The highest BCUT2D eigenvalue weighted by molar-refractivity contribution is 5.95. The monoisotopic (exact) mass is 344 g/mol. The molecular formula is C19H28N4O2. The predicted octanol–water partition coefficient (Wildman–Crippen LogP) is 2.52. The normalized spacial score (nSPS) is 13.1. The molecule has 0 spiro atoms. The van der Waals surface area contributed by atoms with Gasteiger partial charge in [0.05, 0.1) is 34.4 Å². The summed E-state index contributed by atoms with van der Waals surface area (Å²) in [5, 5.41) is 17.5.